The maximum Gasteiger partial charge on any atom is 0.433 e. The third kappa shape index (κ3) is 2.84. The monoisotopic (exact) mass is 297 g/mol. The van der Waals surface area contributed by atoms with E-state index in [0.717, 1.165) is 24.8 Å². The Labute approximate surface area is 119 Å². The van der Waals surface area contributed by atoms with Crippen molar-refractivity contribution in [2.45, 2.75) is 19.6 Å². The fourth-order valence-electron chi connectivity index (χ4n) is 2.42. The van der Waals surface area contributed by atoms with Gasteiger partial charge in [0.05, 0.1) is 0 Å². The predicted octanol–water partition coefficient (Wildman–Crippen LogP) is 2.14. The Balaban J connectivity index is 1.63. The second-order valence-electron chi connectivity index (χ2n) is 5.16. The smallest absolute Gasteiger partial charge is 0.356 e. The van der Waals surface area contributed by atoms with E-state index in [1.165, 1.54) is 0 Å². The third-order valence-electron chi connectivity index (χ3n) is 3.60. The Kier molecular flexibility index (Phi) is 3.30. The van der Waals surface area contributed by atoms with Crippen molar-refractivity contribution in [1.82, 2.24) is 19.5 Å². The average Bonchev–Trinajstić information content (AvgIpc) is 2.78. The fraction of sp³-hybridized carbons (Fsp3) is 0.462. The van der Waals surface area contributed by atoms with Crippen LogP contribution in [0.5, 0.6) is 0 Å². The number of rotatable bonds is 3. The van der Waals surface area contributed by atoms with Crippen molar-refractivity contribution in [3.63, 3.8) is 0 Å². The molecular weight excluding hydrogens is 283 g/mol. The lowest BCUT2D eigenvalue weighted by atomic mass is 10.00. The first-order chi connectivity index (χ1) is 9.93. The van der Waals surface area contributed by atoms with Gasteiger partial charge in [0.15, 0.2) is 0 Å². The van der Waals surface area contributed by atoms with Gasteiger partial charge in [0.25, 0.3) is 0 Å². The molecule has 0 unspecified atom stereocenters. The lowest BCUT2D eigenvalue weighted by Crippen LogP contribution is -2.49. The summed E-state index contributed by atoms with van der Waals surface area (Å²) in [6.07, 6.45) is 0.178. The molecule has 1 aliphatic rings. The van der Waals surface area contributed by atoms with E-state index >= 15 is 0 Å². The van der Waals surface area contributed by atoms with Crippen LogP contribution in [0.3, 0.4) is 0 Å². The van der Waals surface area contributed by atoms with E-state index in [4.69, 9.17) is 0 Å². The highest BCUT2D eigenvalue weighted by Crippen LogP contribution is 2.31. The maximum absolute atomic E-state index is 12.6. The molecule has 0 N–H and O–H groups in total. The van der Waals surface area contributed by atoms with Gasteiger partial charge in [-0.3, -0.25) is 0 Å². The number of hydrogen-bond acceptors (Lipinski definition) is 4. The number of aromatic nitrogens is 4. The SMILES string of the molecule is Cc1nccn1CC1CN(c2cc(C(F)(F)F)ncn2)C1. The van der Waals surface area contributed by atoms with Crippen molar-refractivity contribution >= 4 is 5.82 Å². The molecule has 1 aliphatic heterocycles. The zero-order valence-electron chi connectivity index (χ0n) is 11.4. The molecule has 0 radical (unpaired) electrons. The van der Waals surface area contributed by atoms with Gasteiger partial charge in [0.1, 0.15) is 23.7 Å². The summed E-state index contributed by atoms with van der Waals surface area (Å²) < 4.78 is 39.9. The summed E-state index contributed by atoms with van der Waals surface area (Å²) in [6, 6.07) is 0.999. The van der Waals surface area contributed by atoms with E-state index in [1.54, 1.807) is 6.20 Å². The first-order valence-electron chi connectivity index (χ1n) is 6.55. The van der Waals surface area contributed by atoms with Gasteiger partial charge in [-0.1, -0.05) is 0 Å². The molecular formula is C13H14F3N5. The molecule has 3 rings (SSSR count). The van der Waals surface area contributed by atoms with Crippen LogP contribution in [0.2, 0.25) is 0 Å². The molecule has 0 aromatic carbocycles. The third-order valence-corrected chi connectivity index (χ3v) is 3.60. The topological polar surface area (TPSA) is 46.8 Å². The summed E-state index contributed by atoms with van der Waals surface area (Å²) in [5.41, 5.74) is -0.901. The number of nitrogens with zero attached hydrogens (tertiary/aromatic N) is 5. The molecule has 2 aromatic rings. The molecule has 0 bridgehead atoms. The van der Waals surface area contributed by atoms with Crippen molar-refractivity contribution < 1.29 is 13.2 Å². The van der Waals surface area contributed by atoms with Crippen molar-refractivity contribution in [3.05, 3.63) is 36.3 Å². The lowest BCUT2D eigenvalue weighted by Gasteiger charge is -2.40. The molecule has 8 heteroatoms. The predicted molar refractivity (Wildman–Crippen MR) is 69.7 cm³/mol. The van der Waals surface area contributed by atoms with Crippen LogP contribution in [0.1, 0.15) is 11.5 Å². The van der Waals surface area contributed by atoms with Gasteiger partial charge in [0, 0.05) is 44.0 Å². The lowest BCUT2D eigenvalue weighted by molar-refractivity contribution is -0.141. The second-order valence-corrected chi connectivity index (χ2v) is 5.16. The number of hydrogen-bond donors (Lipinski definition) is 0. The standard InChI is InChI=1S/C13H14F3N5/c1-9-17-2-3-20(9)5-10-6-21(7-10)12-4-11(13(14,15)16)18-8-19-12/h2-4,8,10H,5-7H2,1H3. The van der Waals surface area contributed by atoms with Gasteiger partial charge in [-0.25, -0.2) is 15.0 Å². The maximum atomic E-state index is 12.6. The summed E-state index contributed by atoms with van der Waals surface area (Å²) in [4.78, 5) is 13.2. The fourth-order valence-corrected chi connectivity index (χ4v) is 2.42. The molecule has 0 saturated carbocycles. The van der Waals surface area contributed by atoms with E-state index in [2.05, 4.69) is 15.0 Å². The number of alkyl halides is 3. The number of anilines is 1. The molecule has 1 fully saturated rings. The Morgan fingerprint density at radius 3 is 2.62 bits per heavy atom. The average molecular weight is 297 g/mol. The Hall–Kier alpha value is -2.12. The summed E-state index contributed by atoms with van der Waals surface area (Å²) in [6.45, 7) is 4.12. The van der Waals surface area contributed by atoms with E-state index < -0.39 is 11.9 Å². The van der Waals surface area contributed by atoms with Gasteiger partial charge in [0.2, 0.25) is 0 Å². The van der Waals surface area contributed by atoms with Gasteiger partial charge < -0.3 is 9.47 Å². The van der Waals surface area contributed by atoms with Crippen molar-refractivity contribution in [2.24, 2.45) is 5.92 Å². The summed E-state index contributed by atoms with van der Waals surface area (Å²) in [5.74, 6) is 1.66. The second kappa shape index (κ2) is 5.01. The van der Waals surface area contributed by atoms with Crippen LogP contribution < -0.4 is 4.90 Å². The molecule has 5 nitrogen and oxygen atoms in total. The zero-order chi connectivity index (χ0) is 15.0. The zero-order valence-corrected chi connectivity index (χ0v) is 11.4. The largest absolute Gasteiger partial charge is 0.433 e. The minimum atomic E-state index is -4.43. The van der Waals surface area contributed by atoms with Gasteiger partial charge >= 0.3 is 6.18 Å². The van der Waals surface area contributed by atoms with Crippen LogP contribution in [0.4, 0.5) is 19.0 Å². The summed E-state index contributed by atoms with van der Waals surface area (Å²) >= 11 is 0. The van der Waals surface area contributed by atoms with Crippen LogP contribution in [0.25, 0.3) is 0 Å². The van der Waals surface area contributed by atoms with Crippen LogP contribution >= 0.6 is 0 Å². The minimum absolute atomic E-state index is 0.330. The van der Waals surface area contributed by atoms with Crippen LogP contribution in [-0.4, -0.2) is 32.6 Å². The van der Waals surface area contributed by atoms with Crippen LogP contribution in [0.15, 0.2) is 24.8 Å². The van der Waals surface area contributed by atoms with Crippen molar-refractivity contribution in [1.29, 1.82) is 0 Å². The highest BCUT2D eigenvalue weighted by atomic mass is 19.4. The molecule has 0 aliphatic carbocycles. The number of aryl methyl sites for hydroxylation is 1. The molecule has 3 heterocycles. The first kappa shape index (κ1) is 13.8. The molecule has 21 heavy (non-hydrogen) atoms. The van der Waals surface area contributed by atoms with E-state index in [0.29, 0.717) is 24.8 Å². The molecule has 0 amide bonds. The summed E-state index contributed by atoms with van der Waals surface area (Å²) in [7, 11) is 0. The van der Waals surface area contributed by atoms with Crippen molar-refractivity contribution in [2.75, 3.05) is 18.0 Å². The van der Waals surface area contributed by atoms with E-state index in [9.17, 15) is 13.2 Å². The molecule has 0 atom stereocenters. The Morgan fingerprint density at radius 1 is 1.24 bits per heavy atom. The van der Waals surface area contributed by atoms with Gasteiger partial charge in [-0.15, -0.1) is 0 Å². The number of halogens is 3. The Bertz CT molecular complexity index is 631. The first-order valence-corrected chi connectivity index (χ1v) is 6.55. The Morgan fingerprint density at radius 2 is 2.00 bits per heavy atom. The van der Waals surface area contributed by atoms with Gasteiger partial charge in [-0.05, 0) is 6.92 Å². The highest BCUT2D eigenvalue weighted by Gasteiger charge is 2.35. The molecule has 2 aromatic heterocycles. The van der Waals surface area contributed by atoms with E-state index in [1.807, 2.05) is 22.6 Å². The molecule has 1 saturated heterocycles. The summed E-state index contributed by atoms with van der Waals surface area (Å²) in [5, 5.41) is 0. The normalized spacial score (nSPS) is 16.1. The molecule has 0 spiro atoms. The van der Waals surface area contributed by atoms with Gasteiger partial charge in [-0.2, -0.15) is 13.2 Å². The van der Waals surface area contributed by atoms with E-state index in [-0.39, 0.29) is 0 Å². The van der Waals surface area contributed by atoms with Crippen LogP contribution in [0, 0.1) is 12.8 Å². The quantitative estimate of drug-likeness (QED) is 0.871. The highest BCUT2D eigenvalue weighted by molar-refractivity contribution is 5.42. The van der Waals surface area contributed by atoms with Crippen molar-refractivity contribution in [3.8, 4) is 0 Å². The minimum Gasteiger partial charge on any atom is -0.356 e. The van der Waals surface area contributed by atoms with Crippen LogP contribution in [-0.2, 0) is 12.7 Å². The molecule has 112 valence electrons. The number of imidazole rings is 1.